The molecule has 3 aromatic carbocycles. The van der Waals surface area contributed by atoms with Gasteiger partial charge in [-0.2, -0.15) is 0 Å². The quantitative estimate of drug-likeness (QED) is 0.461. The van der Waals surface area contributed by atoms with Gasteiger partial charge in [-0.1, -0.05) is 31.5 Å². The maximum atomic E-state index is 13.5. The molecule has 4 aromatic rings. The molecule has 0 bridgehead atoms. The van der Waals surface area contributed by atoms with E-state index in [0.717, 1.165) is 33.7 Å². The van der Waals surface area contributed by atoms with Crippen molar-refractivity contribution in [2.24, 2.45) is 0 Å². The molecular weight excluding hydrogens is 442 g/mol. The molecule has 1 atom stereocenters. The molecule has 1 saturated heterocycles. The van der Waals surface area contributed by atoms with Crippen molar-refractivity contribution in [3.05, 3.63) is 72.1 Å². The molecule has 8 nitrogen and oxygen atoms in total. The van der Waals surface area contributed by atoms with Gasteiger partial charge in [0.25, 0.3) is 5.91 Å². The lowest BCUT2D eigenvalue weighted by molar-refractivity contribution is -0.141. The Bertz CT molecular complexity index is 1440. The number of amides is 2. The van der Waals surface area contributed by atoms with E-state index >= 15 is 0 Å². The van der Waals surface area contributed by atoms with Gasteiger partial charge in [-0.15, -0.1) is 0 Å². The summed E-state index contributed by atoms with van der Waals surface area (Å²) in [7, 11) is 0. The zero-order valence-corrected chi connectivity index (χ0v) is 19.5. The number of phenolic OH excluding ortho intramolecular Hbond substituents is 1. The Labute approximate surface area is 203 Å². The van der Waals surface area contributed by atoms with E-state index in [9.17, 15) is 14.7 Å². The van der Waals surface area contributed by atoms with E-state index in [1.54, 1.807) is 29.2 Å². The van der Waals surface area contributed by atoms with Gasteiger partial charge in [0.05, 0.1) is 5.52 Å². The van der Waals surface area contributed by atoms with E-state index in [2.05, 4.69) is 9.97 Å². The molecule has 5 rings (SSSR count). The number of piperazine rings is 1. The molecule has 3 N–H and O–H groups in total. The summed E-state index contributed by atoms with van der Waals surface area (Å²) >= 11 is 0. The highest BCUT2D eigenvalue weighted by molar-refractivity contribution is 6.01. The van der Waals surface area contributed by atoms with E-state index in [4.69, 9.17) is 5.73 Å². The van der Waals surface area contributed by atoms with Crippen LogP contribution in [0.4, 0.5) is 5.82 Å². The molecule has 2 amide bonds. The van der Waals surface area contributed by atoms with E-state index < -0.39 is 6.04 Å². The normalized spacial score (nSPS) is 16.3. The summed E-state index contributed by atoms with van der Waals surface area (Å²) in [6.07, 6.45) is 2.82. The lowest BCUT2D eigenvalue weighted by atomic mass is 10.0. The predicted molar refractivity (Wildman–Crippen MR) is 135 cm³/mol. The fourth-order valence-electron chi connectivity index (χ4n) is 4.77. The SMILES string of the molecule is CCC[C@H]1C(=O)N(Cc2ccc3c(N)ncnc3c2)CCN1C(=O)c1ccc2cc(O)ccc2c1. The highest BCUT2D eigenvalue weighted by atomic mass is 16.3. The summed E-state index contributed by atoms with van der Waals surface area (Å²) in [5, 5.41) is 12.2. The van der Waals surface area contributed by atoms with E-state index in [1.807, 2.05) is 42.2 Å². The third-order valence-electron chi connectivity index (χ3n) is 6.58. The van der Waals surface area contributed by atoms with E-state index in [1.165, 1.54) is 6.33 Å². The van der Waals surface area contributed by atoms with Crippen LogP contribution in [0, 0.1) is 0 Å². The number of nitrogen functional groups attached to an aromatic ring is 1. The highest BCUT2D eigenvalue weighted by Gasteiger charge is 2.37. The van der Waals surface area contributed by atoms with Crippen LogP contribution in [-0.2, 0) is 11.3 Å². The number of rotatable bonds is 5. The average molecular weight is 470 g/mol. The van der Waals surface area contributed by atoms with E-state index in [-0.39, 0.29) is 17.6 Å². The summed E-state index contributed by atoms with van der Waals surface area (Å²) in [6.45, 7) is 3.38. The van der Waals surface area contributed by atoms with Crippen molar-refractivity contribution in [1.29, 1.82) is 0 Å². The number of aromatic hydroxyl groups is 1. The molecule has 0 spiro atoms. The first-order chi connectivity index (χ1) is 16.9. The zero-order chi connectivity index (χ0) is 24.5. The molecule has 1 aliphatic heterocycles. The number of phenols is 1. The smallest absolute Gasteiger partial charge is 0.254 e. The Morgan fingerprint density at radius 3 is 2.69 bits per heavy atom. The van der Waals surface area contributed by atoms with Crippen LogP contribution in [0.2, 0.25) is 0 Å². The molecule has 2 heterocycles. The Morgan fingerprint density at radius 2 is 1.86 bits per heavy atom. The van der Waals surface area contributed by atoms with Crippen LogP contribution in [0.15, 0.2) is 60.9 Å². The molecule has 178 valence electrons. The first-order valence-electron chi connectivity index (χ1n) is 11.8. The monoisotopic (exact) mass is 469 g/mol. The van der Waals surface area contributed by atoms with Gasteiger partial charge in [-0.3, -0.25) is 9.59 Å². The van der Waals surface area contributed by atoms with Gasteiger partial charge in [-0.25, -0.2) is 9.97 Å². The fourth-order valence-corrected chi connectivity index (χ4v) is 4.77. The van der Waals surface area contributed by atoms with Gasteiger partial charge in [0.15, 0.2) is 0 Å². The Kier molecular flexibility index (Phi) is 5.94. The fraction of sp³-hybridized carbons (Fsp3) is 0.259. The number of nitrogens with two attached hydrogens (primary N) is 1. The zero-order valence-electron chi connectivity index (χ0n) is 19.5. The minimum atomic E-state index is -0.504. The summed E-state index contributed by atoms with van der Waals surface area (Å²) < 4.78 is 0. The minimum absolute atomic E-state index is 0.0422. The largest absolute Gasteiger partial charge is 0.508 e. The number of anilines is 1. The molecule has 0 saturated carbocycles. The molecule has 35 heavy (non-hydrogen) atoms. The molecule has 1 aromatic heterocycles. The van der Waals surface area contributed by atoms with Crippen molar-refractivity contribution >= 4 is 39.3 Å². The standard InChI is InChI=1S/C27H27N5O3/c1-2-3-24-27(35)31(15-17-4-9-22-23(12-17)29-16-30-25(22)28)10-11-32(24)26(34)20-6-5-19-14-21(33)8-7-18(19)13-20/h4-9,12-14,16,24,33H,2-3,10-11,15H2,1H3,(H2,28,29,30)/t24-/m0/s1. The number of hydrogen-bond donors (Lipinski definition) is 2. The first kappa shape index (κ1) is 22.6. The summed E-state index contributed by atoms with van der Waals surface area (Å²) in [4.78, 5) is 38.8. The summed E-state index contributed by atoms with van der Waals surface area (Å²) in [5.41, 5.74) is 8.16. The van der Waals surface area contributed by atoms with Crippen molar-refractivity contribution < 1.29 is 14.7 Å². The number of fused-ring (bicyclic) bond motifs is 2. The second-order valence-electron chi connectivity index (χ2n) is 8.92. The number of carbonyl (C=O) groups excluding carboxylic acids is 2. The topological polar surface area (TPSA) is 113 Å². The van der Waals surface area contributed by atoms with Crippen LogP contribution in [0.25, 0.3) is 21.7 Å². The van der Waals surface area contributed by atoms with Crippen molar-refractivity contribution in [2.75, 3.05) is 18.8 Å². The third-order valence-corrected chi connectivity index (χ3v) is 6.58. The van der Waals surface area contributed by atoms with Crippen LogP contribution in [0.5, 0.6) is 5.75 Å². The highest BCUT2D eigenvalue weighted by Crippen LogP contribution is 2.25. The third kappa shape index (κ3) is 4.35. The lowest BCUT2D eigenvalue weighted by Gasteiger charge is -2.41. The van der Waals surface area contributed by atoms with Gasteiger partial charge in [0, 0.05) is 30.6 Å². The lowest BCUT2D eigenvalue weighted by Crippen LogP contribution is -2.58. The molecule has 0 unspecified atom stereocenters. The summed E-state index contributed by atoms with van der Waals surface area (Å²) in [6, 6.07) is 15.7. The molecule has 1 fully saturated rings. The van der Waals surface area contributed by atoms with Crippen LogP contribution in [0.1, 0.15) is 35.7 Å². The second kappa shape index (κ2) is 9.21. The molecule has 8 heteroatoms. The average Bonchev–Trinajstić information content (AvgIpc) is 2.86. The van der Waals surface area contributed by atoms with Crippen molar-refractivity contribution in [3.8, 4) is 5.75 Å². The number of nitrogens with zero attached hydrogens (tertiary/aromatic N) is 4. The van der Waals surface area contributed by atoms with Gasteiger partial charge >= 0.3 is 0 Å². The minimum Gasteiger partial charge on any atom is -0.508 e. The van der Waals surface area contributed by atoms with Gasteiger partial charge < -0.3 is 20.6 Å². The number of benzene rings is 3. The van der Waals surface area contributed by atoms with Gasteiger partial charge in [0.1, 0.15) is 23.9 Å². The van der Waals surface area contributed by atoms with Gasteiger partial charge in [0.2, 0.25) is 5.91 Å². The summed E-state index contributed by atoms with van der Waals surface area (Å²) in [5.74, 6) is 0.422. The molecule has 0 radical (unpaired) electrons. The Morgan fingerprint density at radius 1 is 1.06 bits per heavy atom. The predicted octanol–water partition coefficient (Wildman–Crippen LogP) is 3.72. The first-order valence-corrected chi connectivity index (χ1v) is 11.8. The number of aromatic nitrogens is 2. The molecule has 0 aliphatic carbocycles. The number of hydrogen-bond acceptors (Lipinski definition) is 6. The van der Waals surface area contributed by atoms with Crippen LogP contribution < -0.4 is 5.73 Å². The van der Waals surface area contributed by atoms with Crippen molar-refractivity contribution in [2.45, 2.75) is 32.4 Å². The molecule has 1 aliphatic rings. The number of carbonyl (C=O) groups is 2. The van der Waals surface area contributed by atoms with Gasteiger partial charge in [-0.05, 0) is 59.2 Å². The van der Waals surface area contributed by atoms with Crippen molar-refractivity contribution in [3.63, 3.8) is 0 Å². The Balaban J connectivity index is 1.37. The Hall–Kier alpha value is -4.20. The van der Waals surface area contributed by atoms with E-state index in [0.29, 0.717) is 37.4 Å². The van der Waals surface area contributed by atoms with Crippen LogP contribution >= 0.6 is 0 Å². The van der Waals surface area contributed by atoms with Crippen LogP contribution in [-0.4, -0.2) is 55.8 Å². The maximum Gasteiger partial charge on any atom is 0.254 e. The maximum absolute atomic E-state index is 13.5. The second-order valence-corrected chi connectivity index (χ2v) is 8.92. The van der Waals surface area contributed by atoms with Crippen molar-refractivity contribution in [1.82, 2.24) is 19.8 Å². The van der Waals surface area contributed by atoms with Crippen LogP contribution in [0.3, 0.4) is 0 Å². The molecular formula is C27H27N5O3.